The molecule has 7 nitrogen and oxygen atoms in total. The second kappa shape index (κ2) is 10.8. The normalized spacial score (nSPS) is 11.1. The number of rotatable bonds is 8. The van der Waals surface area contributed by atoms with Crippen LogP contribution in [-0.4, -0.2) is 39.5 Å². The summed E-state index contributed by atoms with van der Waals surface area (Å²) in [5.74, 6) is 0.641. The van der Waals surface area contributed by atoms with Crippen molar-refractivity contribution < 1.29 is 14.3 Å². The molecule has 0 unspecified atom stereocenters. The number of aromatic nitrogens is 3. The first-order valence-electron chi connectivity index (χ1n) is 11.0. The van der Waals surface area contributed by atoms with Gasteiger partial charge in [0, 0.05) is 33.3 Å². The maximum Gasteiger partial charge on any atom is 0.341 e. The fourth-order valence-electron chi connectivity index (χ4n) is 3.64. The third-order valence-corrected chi connectivity index (χ3v) is 8.68. The number of carbonyl (C=O) groups excluding carboxylic acids is 2. The molecule has 0 fully saturated rings. The van der Waals surface area contributed by atoms with Crippen LogP contribution in [0.1, 0.15) is 39.9 Å². The molecule has 0 radical (unpaired) electrons. The standard InChI is InChI=1S/C25H26N4O3S3/c1-14(2)18-11-17(12-33-18)22-27-28-25(29(22)4)34-13-19(30)26-23-21(24(31)32-5)20(15(3)35-23)16-9-7-6-8-10-16/h6-12,14H,13H2,1-5H3,(H,26,30). The molecule has 0 atom stereocenters. The Morgan fingerprint density at radius 2 is 1.91 bits per heavy atom. The largest absolute Gasteiger partial charge is 0.465 e. The van der Waals surface area contributed by atoms with Gasteiger partial charge in [-0.1, -0.05) is 55.9 Å². The highest BCUT2D eigenvalue weighted by Gasteiger charge is 2.25. The lowest BCUT2D eigenvalue weighted by Crippen LogP contribution is -2.16. The van der Waals surface area contributed by atoms with E-state index in [-0.39, 0.29) is 11.7 Å². The van der Waals surface area contributed by atoms with Gasteiger partial charge >= 0.3 is 5.97 Å². The molecule has 1 amide bonds. The molecule has 0 spiro atoms. The summed E-state index contributed by atoms with van der Waals surface area (Å²) in [5, 5.41) is 14.7. The van der Waals surface area contributed by atoms with Gasteiger partial charge < -0.3 is 14.6 Å². The number of nitrogens with one attached hydrogen (secondary N) is 1. The fraction of sp³-hybridized carbons (Fsp3) is 0.280. The second-order valence-electron chi connectivity index (χ2n) is 8.19. The van der Waals surface area contributed by atoms with E-state index in [1.165, 1.54) is 35.1 Å². The van der Waals surface area contributed by atoms with Crippen LogP contribution < -0.4 is 5.32 Å². The van der Waals surface area contributed by atoms with E-state index >= 15 is 0 Å². The van der Waals surface area contributed by atoms with Crippen molar-refractivity contribution in [3.05, 3.63) is 57.1 Å². The van der Waals surface area contributed by atoms with E-state index in [0.717, 1.165) is 27.4 Å². The molecule has 0 aliphatic carbocycles. The van der Waals surface area contributed by atoms with E-state index < -0.39 is 5.97 Å². The van der Waals surface area contributed by atoms with Crippen LogP contribution in [0.2, 0.25) is 0 Å². The second-order valence-corrected chi connectivity index (χ2v) is 11.3. The third-order valence-electron chi connectivity index (χ3n) is 5.40. The van der Waals surface area contributed by atoms with E-state index in [9.17, 15) is 9.59 Å². The number of thiophene rings is 2. The van der Waals surface area contributed by atoms with Crippen LogP contribution in [0.5, 0.6) is 0 Å². The zero-order valence-corrected chi connectivity index (χ0v) is 22.6. The minimum absolute atomic E-state index is 0.130. The molecular weight excluding hydrogens is 501 g/mol. The van der Waals surface area contributed by atoms with Crippen molar-refractivity contribution >= 4 is 51.3 Å². The van der Waals surface area contributed by atoms with Crippen molar-refractivity contribution in [2.75, 3.05) is 18.2 Å². The van der Waals surface area contributed by atoms with E-state index in [4.69, 9.17) is 4.74 Å². The molecule has 0 saturated heterocycles. The molecule has 4 aromatic rings. The Bertz CT molecular complexity index is 1360. The van der Waals surface area contributed by atoms with Gasteiger partial charge in [-0.3, -0.25) is 4.79 Å². The van der Waals surface area contributed by atoms with Crippen LogP contribution in [0.25, 0.3) is 22.5 Å². The van der Waals surface area contributed by atoms with E-state index in [1.54, 1.807) is 11.3 Å². The van der Waals surface area contributed by atoms with Gasteiger partial charge in [0.1, 0.15) is 10.6 Å². The summed E-state index contributed by atoms with van der Waals surface area (Å²) in [5.41, 5.74) is 3.08. The minimum Gasteiger partial charge on any atom is -0.465 e. The average molecular weight is 527 g/mol. The predicted octanol–water partition coefficient (Wildman–Crippen LogP) is 6.22. The predicted molar refractivity (Wildman–Crippen MR) is 144 cm³/mol. The number of anilines is 1. The molecule has 0 aliphatic heterocycles. The van der Waals surface area contributed by atoms with Gasteiger partial charge in [-0.15, -0.1) is 32.9 Å². The van der Waals surface area contributed by atoms with Crippen molar-refractivity contribution in [2.45, 2.75) is 31.8 Å². The van der Waals surface area contributed by atoms with Gasteiger partial charge in [0.25, 0.3) is 0 Å². The Morgan fingerprint density at radius 3 is 2.57 bits per heavy atom. The van der Waals surface area contributed by atoms with E-state index in [1.807, 2.05) is 48.9 Å². The van der Waals surface area contributed by atoms with Gasteiger partial charge in [-0.25, -0.2) is 4.79 Å². The van der Waals surface area contributed by atoms with Crippen LogP contribution in [0, 0.1) is 6.92 Å². The highest BCUT2D eigenvalue weighted by molar-refractivity contribution is 7.99. The fourth-order valence-corrected chi connectivity index (χ4v) is 6.33. The molecule has 182 valence electrons. The van der Waals surface area contributed by atoms with Gasteiger partial charge in [0.2, 0.25) is 5.91 Å². The van der Waals surface area contributed by atoms with Crippen molar-refractivity contribution in [3.63, 3.8) is 0 Å². The Balaban J connectivity index is 1.50. The number of ether oxygens (including phenoxy) is 1. The summed E-state index contributed by atoms with van der Waals surface area (Å²) < 4.78 is 6.93. The van der Waals surface area contributed by atoms with Crippen LogP contribution in [0.15, 0.2) is 46.9 Å². The number of amides is 1. The maximum atomic E-state index is 12.8. The lowest BCUT2D eigenvalue weighted by atomic mass is 10.0. The number of hydrogen-bond donors (Lipinski definition) is 1. The first kappa shape index (κ1) is 25.2. The molecule has 1 N–H and O–H groups in total. The van der Waals surface area contributed by atoms with Crippen molar-refractivity contribution in [2.24, 2.45) is 7.05 Å². The Labute approximate surface area is 216 Å². The highest BCUT2D eigenvalue weighted by Crippen LogP contribution is 2.40. The minimum atomic E-state index is -0.481. The van der Waals surface area contributed by atoms with Gasteiger partial charge in [-0.05, 0) is 24.5 Å². The number of hydrogen-bond acceptors (Lipinski definition) is 8. The molecule has 0 saturated carbocycles. The SMILES string of the molecule is COC(=O)c1c(NC(=O)CSc2nnc(-c3csc(C(C)C)c3)n2C)sc(C)c1-c1ccccc1. The monoisotopic (exact) mass is 526 g/mol. The summed E-state index contributed by atoms with van der Waals surface area (Å²) >= 11 is 4.37. The van der Waals surface area contributed by atoms with Gasteiger partial charge in [0.15, 0.2) is 11.0 Å². The zero-order chi connectivity index (χ0) is 25.1. The number of nitrogens with zero attached hydrogens (tertiary/aromatic N) is 3. The Morgan fingerprint density at radius 1 is 1.17 bits per heavy atom. The molecule has 0 aliphatic rings. The Hall–Kier alpha value is -2.95. The van der Waals surface area contributed by atoms with Crippen LogP contribution in [0.3, 0.4) is 0 Å². The number of thioether (sulfide) groups is 1. The maximum absolute atomic E-state index is 12.8. The summed E-state index contributed by atoms with van der Waals surface area (Å²) in [6.07, 6.45) is 0. The summed E-state index contributed by atoms with van der Waals surface area (Å²) in [6.45, 7) is 6.26. The van der Waals surface area contributed by atoms with Crippen molar-refractivity contribution in [3.8, 4) is 22.5 Å². The molecular formula is C25H26N4O3S3. The number of carbonyl (C=O) groups is 2. The van der Waals surface area contributed by atoms with E-state index in [2.05, 4.69) is 40.8 Å². The molecule has 3 heterocycles. The lowest BCUT2D eigenvalue weighted by molar-refractivity contribution is -0.113. The van der Waals surface area contributed by atoms with Crippen LogP contribution >= 0.6 is 34.4 Å². The first-order chi connectivity index (χ1) is 16.8. The number of benzene rings is 1. The topological polar surface area (TPSA) is 86.1 Å². The molecule has 35 heavy (non-hydrogen) atoms. The molecule has 3 aromatic heterocycles. The number of aryl methyl sites for hydroxylation is 1. The van der Waals surface area contributed by atoms with Crippen molar-refractivity contribution in [1.82, 2.24) is 14.8 Å². The van der Waals surface area contributed by atoms with Crippen molar-refractivity contribution in [1.29, 1.82) is 0 Å². The summed E-state index contributed by atoms with van der Waals surface area (Å²) in [4.78, 5) is 27.7. The molecule has 1 aromatic carbocycles. The van der Waals surface area contributed by atoms with Gasteiger partial charge in [-0.2, -0.15) is 0 Å². The molecule has 4 rings (SSSR count). The molecule has 10 heteroatoms. The smallest absolute Gasteiger partial charge is 0.341 e. The summed E-state index contributed by atoms with van der Waals surface area (Å²) in [7, 11) is 3.24. The van der Waals surface area contributed by atoms with Gasteiger partial charge in [0.05, 0.1) is 12.9 Å². The van der Waals surface area contributed by atoms with Crippen LogP contribution in [-0.2, 0) is 16.6 Å². The van der Waals surface area contributed by atoms with E-state index in [0.29, 0.717) is 21.6 Å². The quantitative estimate of drug-likeness (QED) is 0.217. The Kier molecular flexibility index (Phi) is 7.73. The number of esters is 1. The lowest BCUT2D eigenvalue weighted by Gasteiger charge is -2.08. The average Bonchev–Trinajstić information content (AvgIpc) is 3.55. The number of methoxy groups -OCH3 is 1. The van der Waals surface area contributed by atoms with Crippen LogP contribution in [0.4, 0.5) is 5.00 Å². The third kappa shape index (κ3) is 5.34. The molecule has 0 bridgehead atoms. The first-order valence-corrected chi connectivity index (χ1v) is 13.7. The summed E-state index contributed by atoms with van der Waals surface area (Å²) in [6, 6.07) is 11.8. The highest BCUT2D eigenvalue weighted by atomic mass is 32.2. The zero-order valence-electron chi connectivity index (χ0n) is 20.1.